The maximum absolute atomic E-state index is 12.5. The Morgan fingerprint density at radius 3 is 2.85 bits per heavy atom. The third-order valence-electron chi connectivity index (χ3n) is 5.57. The van der Waals surface area contributed by atoms with Crippen LogP contribution in [0.3, 0.4) is 0 Å². The first-order valence-corrected chi connectivity index (χ1v) is 8.97. The lowest BCUT2D eigenvalue weighted by Gasteiger charge is -2.10. The molecule has 3 aromatic rings. The number of rotatable bonds is 3. The van der Waals surface area contributed by atoms with Crippen LogP contribution in [-0.4, -0.2) is 34.1 Å². The average Bonchev–Trinajstić information content (AvgIpc) is 3.14. The molecular weight excluding hydrogens is 342 g/mol. The van der Waals surface area contributed by atoms with Crippen LogP contribution in [0.2, 0.25) is 0 Å². The zero-order valence-corrected chi connectivity index (χ0v) is 14.8. The van der Waals surface area contributed by atoms with Crippen LogP contribution in [0.5, 0.6) is 0 Å². The Kier molecular flexibility index (Phi) is 3.58. The van der Waals surface area contributed by atoms with Gasteiger partial charge in [0.25, 0.3) is 0 Å². The van der Waals surface area contributed by atoms with E-state index in [9.17, 15) is 4.79 Å². The number of ether oxygens (including phenoxy) is 1. The molecule has 0 aromatic carbocycles. The van der Waals surface area contributed by atoms with Crippen molar-refractivity contribution in [2.24, 2.45) is 17.8 Å². The molecule has 3 aromatic heterocycles. The average molecular weight is 361 g/mol. The second kappa shape index (κ2) is 5.99. The molecular formula is C20H19N5O2. The third kappa shape index (κ3) is 2.71. The number of fused-ring (bicyclic) bond motifs is 2. The number of nitrogen functional groups attached to an aromatic ring is 1. The summed E-state index contributed by atoms with van der Waals surface area (Å²) in [5.41, 5.74) is 8.90. The van der Waals surface area contributed by atoms with Gasteiger partial charge in [-0.2, -0.15) is 0 Å². The number of anilines is 2. The number of aromatic nitrogens is 3. The number of aryl methyl sites for hydroxylation is 1. The van der Waals surface area contributed by atoms with Crippen molar-refractivity contribution in [2.45, 2.75) is 6.92 Å². The first-order chi connectivity index (χ1) is 13.1. The van der Waals surface area contributed by atoms with Gasteiger partial charge in [-0.15, -0.1) is 0 Å². The van der Waals surface area contributed by atoms with Gasteiger partial charge in [0.1, 0.15) is 11.6 Å². The predicted molar refractivity (Wildman–Crippen MR) is 102 cm³/mol. The molecule has 1 aliphatic heterocycles. The van der Waals surface area contributed by atoms with E-state index in [2.05, 4.69) is 20.3 Å². The highest BCUT2D eigenvalue weighted by molar-refractivity contribution is 5.98. The Hall–Kier alpha value is -3.06. The lowest BCUT2D eigenvalue weighted by atomic mass is 10.1. The number of nitrogens with two attached hydrogens (primary N) is 1. The number of nitrogens with zero attached hydrogens (tertiary/aromatic N) is 3. The largest absolute Gasteiger partial charge is 0.383 e. The predicted octanol–water partition coefficient (Wildman–Crippen LogP) is 2.41. The summed E-state index contributed by atoms with van der Waals surface area (Å²) in [4.78, 5) is 25.5. The van der Waals surface area contributed by atoms with Crippen molar-refractivity contribution >= 4 is 28.3 Å². The summed E-state index contributed by atoms with van der Waals surface area (Å²) in [6.07, 6.45) is 5.18. The standard InChI is InChI=1S/C20H19N5O2/c1-10-2-3-22-6-12(10)16-4-11-5-17(23-7-13(11)19(21)24-16)25-20(26)18-14-8-27-9-15(14)18/h2-7,14-15,18H,8-9H2,1H3,(H2,21,24)(H,23,25,26)/t14-,15?,18+/m1/s1. The zero-order valence-electron chi connectivity index (χ0n) is 14.8. The van der Waals surface area contributed by atoms with Crippen molar-refractivity contribution in [1.29, 1.82) is 0 Å². The number of hydrogen-bond acceptors (Lipinski definition) is 6. The van der Waals surface area contributed by atoms with E-state index in [1.165, 1.54) is 0 Å². The molecule has 0 spiro atoms. The van der Waals surface area contributed by atoms with E-state index in [0.29, 0.717) is 36.7 Å². The summed E-state index contributed by atoms with van der Waals surface area (Å²) in [5, 5.41) is 4.57. The van der Waals surface area contributed by atoms with Crippen LogP contribution < -0.4 is 11.1 Å². The smallest absolute Gasteiger partial charge is 0.229 e. The van der Waals surface area contributed by atoms with Crippen LogP contribution in [-0.2, 0) is 9.53 Å². The third-order valence-corrected chi connectivity index (χ3v) is 5.57. The van der Waals surface area contributed by atoms with Gasteiger partial charge in [0.2, 0.25) is 5.91 Å². The van der Waals surface area contributed by atoms with Crippen molar-refractivity contribution in [3.8, 4) is 11.3 Å². The molecule has 136 valence electrons. The highest BCUT2D eigenvalue weighted by Gasteiger charge is 2.58. The molecule has 4 heterocycles. The van der Waals surface area contributed by atoms with E-state index in [4.69, 9.17) is 10.5 Å². The molecule has 2 fully saturated rings. The van der Waals surface area contributed by atoms with Crippen LogP contribution in [0.15, 0.2) is 36.8 Å². The van der Waals surface area contributed by atoms with Gasteiger partial charge >= 0.3 is 0 Å². The second-order valence-electron chi connectivity index (χ2n) is 7.25. The summed E-state index contributed by atoms with van der Waals surface area (Å²) in [5.74, 6) is 1.73. The number of carbonyl (C=O) groups is 1. The lowest BCUT2D eigenvalue weighted by molar-refractivity contribution is -0.118. The Bertz CT molecular complexity index is 1060. The fraction of sp³-hybridized carbons (Fsp3) is 0.300. The fourth-order valence-corrected chi connectivity index (χ4v) is 3.95. The Morgan fingerprint density at radius 2 is 2.07 bits per heavy atom. The summed E-state index contributed by atoms with van der Waals surface area (Å²) in [6.45, 7) is 3.38. The second-order valence-corrected chi connectivity index (χ2v) is 7.25. The van der Waals surface area contributed by atoms with Crippen LogP contribution in [0.25, 0.3) is 22.0 Å². The van der Waals surface area contributed by atoms with Crippen molar-refractivity contribution in [2.75, 3.05) is 24.3 Å². The minimum Gasteiger partial charge on any atom is -0.383 e. The first-order valence-electron chi connectivity index (χ1n) is 8.97. The molecule has 5 rings (SSSR count). The maximum Gasteiger partial charge on any atom is 0.229 e. The number of nitrogens with one attached hydrogen (secondary N) is 1. The molecule has 1 saturated carbocycles. The Balaban J connectivity index is 1.47. The van der Waals surface area contributed by atoms with Gasteiger partial charge in [-0.1, -0.05) is 0 Å². The quantitative estimate of drug-likeness (QED) is 0.743. The molecule has 3 atom stereocenters. The molecule has 2 aliphatic rings. The Labute approximate surface area is 156 Å². The van der Waals surface area contributed by atoms with Crippen LogP contribution >= 0.6 is 0 Å². The molecule has 1 amide bonds. The zero-order chi connectivity index (χ0) is 18.5. The molecule has 1 unspecified atom stereocenters. The molecule has 7 nitrogen and oxygen atoms in total. The van der Waals surface area contributed by atoms with E-state index in [-0.39, 0.29) is 11.8 Å². The number of carbonyl (C=O) groups excluding carboxylic acids is 1. The van der Waals surface area contributed by atoms with Crippen LogP contribution in [0, 0.1) is 24.7 Å². The normalized spacial score (nSPS) is 23.2. The summed E-state index contributed by atoms with van der Waals surface area (Å²) >= 11 is 0. The van der Waals surface area contributed by atoms with Crippen molar-refractivity contribution < 1.29 is 9.53 Å². The van der Waals surface area contributed by atoms with Gasteiger partial charge in [0.05, 0.1) is 18.9 Å². The SMILES string of the molecule is Cc1ccncc1-c1cc2cc(NC(=O)[C@@H]3C4COC[C@H]43)ncc2c(N)n1. The fourth-order valence-electron chi connectivity index (χ4n) is 3.95. The van der Waals surface area contributed by atoms with Crippen molar-refractivity contribution in [3.63, 3.8) is 0 Å². The van der Waals surface area contributed by atoms with E-state index in [0.717, 1.165) is 27.6 Å². The van der Waals surface area contributed by atoms with Crippen LogP contribution in [0.1, 0.15) is 5.56 Å². The minimum atomic E-state index is 0.0190. The molecule has 27 heavy (non-hydrogen) atoms. The van der Waals surface area contributed by atoms with Gasteiger partial charge in [-0.3, -0.25) is 9.78 Å². The monoisotopic (exact) mass is 361 g/mol. The Morgan fingerprint density at radius 1 is 1.26 bits per heavy atom. The minimum absolute atomic E-state index is 0.0190. The van der Waals surface area contributed by atoms with Crippen molar-refractivity contribution in [3.05, 3.63) is 42.4 Å². The van der Waals surface area contributed by atoms with Gasteiger partial charge in [-0.05, 0) is 47.9 Å². The lowest BCUT2D eigenvalue weighted by Crippen LogP contribution is -2.19. The van der Waals surface area contributed by atoms with Gasteiger partial charge in [-0.25, -0.2) is 9.97 Å². The summed E-state index contributed by atoms with van der Waals surface area (Å²) < 4.78 is 5.35. The number of pyridine rings is 3. The van der Waals surface area contributed by atoms with E-state index >= 15 is 0 Å². The molecule has 0 bridgehead atoms. The maximum atomic E-state index is 12.5. The highest BCUT2D eigenvalue weighted by Crippen LogP contribution is 2.51. The number of hydrogen-bond donors (Lipinski definition) is 2. The van der Waals surface area contributed by atoms with E-state index in [1.807, 2.05) is 25.1 Å². The van der Waals surface area contributed by atoms with E-state index in [1.54, 1.807) is 18.6 Å². The first kappa shape index (κ1) is 16.1. The highest BCUT2D eigenvalue weighted by atomic mass is 16.5. The van der Waals surface area contributed by atoms with Gasteiger partial charge in [0, 0.05) is 35.5 Å². The molecule has 0 radical (unpaired) electrons. The van der Waals surface area contributed by atoms with Crippen molar-refractivity contribution in [1.82, 2.24) is 15.0 Å². The van der Waals surface area contributed by atoms with E-state index < -0.39 is 0 Å². The van der Waals surface area contributed by atoms with Crippen LogP contribution in [0.4, 0.5) is 11.6 Å². The molecule has 1 saturated heterocycles. The molecule has 7 heteroatoms. The number of amides is 1. The summed E-state index contributed by atoms with van der Waals surface area (Å²) in [6, 6.07) is 5.73. The topological polar surface area (TPSA) is 103 Å². The van der Waals surface area contributed by atoms with Gasteiger partial charge in [0.15, 0.2) is 0 Å². The molecule has 3 N–H and O–H groups in total. The van der Waals surface area contributed by atoms with Gasteiger partial charge < -0.3 is 15.8 Å². The molecule has 1 aliphatic carbocycles. The summed E-state index contributed by atoms with van der Waals surface area (Å²) in [7, 11) is 0.